The summed E-state index contributed by atoms with van der Waals surface area (Å²) in [4.78, 5) is 6.52. The van der Waals surface area contributed by atoms with Crippen molar-refractivity contribution in [3.63, 3.8) is 0 Å². The second-order valence-electron chi connectivity index (χ2n) is 6.99. The van der Waals surface area contributed by atoms with Crippen LogP contribution in [-0.2, 0) is 6.67 Å². The van der Waals surface area contributed by atoms with Gasteiger partial charge in [0, 0.05) is 11.6 Å². The molecule has 7 nitrogen and oxygen atoms in total. The molecule has 0 spiro atoms. The Kier molecular flexibility index (Phi) is 5.37. The van der Waals surface area contributed by atoms with Crippen LogP contribution in [0.1, 0.15) is 24.1 Å². The van der Waals surface area contributed by atoms with Crippen LogP contribution in [0.2, 0.25) is 0 Å². The summed E-state index contributed by atoms with van der Waals surface area (Å²) in [5, 5.41) is 8.75. The van der Waals surface area contributed by atoms with Gasteiger partial charge in [-0.25, -0.2) is 14.3 Å². The van der Waals surface area contributed by atoms with Crippen molar-refractivity contribution in [3.8, 4) is 17.1 Å². The van der Waals surface area contributed by atoms with E-state index < -0.39 is 0 Å². The van der Waals surface area contributed by atoms with E-state index in [1.807, 2.05) is 50.4 Å². The second-order valence-corrected chi connectivity index (χ2v) is 7.34. The third kappa shape index (κ3) is 4.03. The van der Waals surface area contributed by atoms with Gasteiger partial charge >= 0.3 is 0 Å². The summed E-state index contributed by atoms with van der Waals surface area (Å²) in [5.41, 5.74) is 4.22. The molecule has 0 saturated heterocycles. The number of hydrogen-bond donors (Lipinski definition) is 0. The lowest BCUT2D eigenvalue weighted by Crippen LogP contribution is -2.26. The average molecular weight is 407 g/mol. The van der Waals surface area contributed by atoms with Crippen LogP contribution >= 0.6 is 12.2 Å². The Morgan fingerprint density at radius 3 is 2.59 bits per heavy atom. The predicted molar refractivity (Wildman–Crippen MR) is 113 cm³/mol. The van der Waals surface area contributed by atoms with Crippen LogP contribution in [0.3, 0.4) is 0 Å². The molecule has 0 fully saturated rings. The van der Waals surface area contributed by atoms with Crippen LogP contribution < -0.4 is 0 Å². The van der Waals surface area contributed by atoms with Crippen molar-refractivity contribution in [2.75, 3.05) is 7.05 Å². The molecule has 0 radical (unpaired) electrons. The van der Waals surface area contributed by atoms with E-state index in [4.69, 9.17) is 16.6 Å². The number of aryl methyl sites for hydroxylation is 1. The Labute approximate surface area is 174 Å². The summed E-state index contributed by atoms with van der Waals surface area (Å²) in [7, 11) is 2.04. The molecule has 8 heteroatoms. The number of nitrogens with zero attached hydrogens (tertiary/aromatic N) is 6. The number of aromatic nitrogens is 5. The standard InChI is InChI=1S/C21H22N6OS/c1-15-6-4-5-7-19(15)20-24-27(21(29)28-20)14-25(3)16(2)17-8-10-18(11-9-17)26-13-22-12-23-26/h4-13,16H,14H2,1-3H3/t16-/m0/s1. The number of rotatable bonds is 6. The van der Waals surface area contributed by atoms with E-state index in [2.05, 4.69) is 39.1 Å². The topological polar surface area (TPSA) is 64.9 Å². The van der Waals surface area contributed by atoms with E-state index in [0.717, 1.165) is 16.8 Å². The molecule has 0 N–H and O–H groups in total. The molecular formula is C21H22N6OS. The van der Waals surface area contributed by atoms with E-state index in [1.54, 1.807) is 15.7 Å². The molecule has 0 aliphatic rings. The first-order valence-electron chi connectivity index (χ1n) is 9.32. The van der Waals surface area contributed by atoms with Gasteiger partial charge in [0.2, 0.25) is 5.89 Å². The van der Waals surface area contributed by atoms with Crippen molar-refractivity contribution in [1.29, 1.82) is 0 Å². The predicted octanol–water partition coefficient (Wildman–Crippen LogP) is 4.41. The smallest absolute Gasteiger partial charge is 0.288 e. The maximum absolute atomic E-state index is 5.75. The van der Waals surface area contributed by atoms with E-state index in [9.17, 15) is 0 Å². The summed E-state index contributed by atoms with van der Waals surface area (Å²) in [5.74, 6) is 0.548. The third-order valence-electron chi connectivity index (χ3n) is 5.06. The summed E-state index contributed by atoms with van der Waals surface area (Å²) in [6.45, 7) is 4.71. The van der Waals surface area contributed by atoms with Gasteiger partial charge in [0.1, 0.15) is 12.7 Å². The van der Waals surface area contributed by atoms with Crippen LogP contribution in [-0.4, -0.2) is 36.5 Å². The molecule has 0 amide bonds. The van der Waals surface area contributed by atoms with Gasteiger partial charge < -0.3 is 4.42 Å². The highest BCUT2D eigenvalue weighted by molar-refractivity contribution is 7.71. The fourth-order valence-electron chi connectivity index (χ4n) is 3.15. The van der Waals surface area contributed by atoms with E-state index in [1.165, 1.54) is 11.9 Å². The minimum atomic E-state index is 0.167. The number of benzene rings is 2. The quantitative estimate of drug-likeness (QED) is 0.442. The highest BCUT2D eigenvalue weighted by Crippen LogP contribution is 2.24. The zero-order valence-electron chi connectivity index (χ0n) is 16.6. The molecule has 2 heterocycles. The highest BCUT2D eigenvalue weighted by Gasteiger charge is 2.16. The van der Waals surface area contributed by atoms with E-state index in [0.29, 0.717) is 17.4 Å². The van der Waals surface area contributed by atoms with Gasteiger partial charge in [-0.1, -0.05) is 30.3 Å². The van der Waals surface area contributed by atoms with E-state index >= 15 is 0 Å². The van der Waals surface area contributed by atoms with Gasteiger partial charge in [-0.05, 0) is 62.4 Å². The van der Waals surface area contributed by atoms with Crippen molar-refractivity contribution in [2.24, 2.45) is 0 Å². The van der Waals surface area contributed by atoms with Crippen molar-refractivity contribution in [3.05, 3.63) is 77.1 Å². The van der Waals surface area contributed by atoms with Crippen molar-refractivity contribution < 1.29 is 4.42 Å². The monoisotopic (exact) mass is 406 g/mol. The molecule has 0 unspecified atom stereocenters. The van der Waals surface area contributed by atoms with Crippen molar-refractivity contribution in [1.82, 2.24) is 29.4 Å². The minimum Gasteiger partial charge on any atom is -0.409 e. The highest BCUT2D eigenvalue weighted by atomic mass is 32.1. The molecule has 29 heavy (non-hydrogen) atoms. The Hall–Kier alpha value is -3.10. The maximum atomic E-state index is 5.75. The van der Waals surface area contributed by atoms with Gasteiger partial charge in [-0.3, -0.25) is 4.90 Å². The van der Waals surface area contributed by atoms with Gasteiger partial charge in [-0.15, -0.1) is 5.10 Å². The molecule has 148 valence electrons. The molecule has 4 rings (SSSR count). The first kappa shape index (κ1) is 19.2. The lowest BCUT2D eigenvalue weighted by molar-refractivity contribution is 0.192. The average Bonchev–Trinajstić information content (AvgIpc) is 3.38. The largest absolute Gasteiger partial charge is 0.409 e. The van der Waals surface area contributed by atoms with E-state index in [-0.39, 0.29) is 6.04 Å². The molecule has 2 aromatic heterocycles. The van der Waals surface area contributed by atoms with Crippen LogP contribution in [0.15, 0.2) is 65.6 Å². The Morgan fingerprint density at radius 2 is 1.90 bits per heavy atom. The van der Waals surface area contributed by atoms with Gasteiger partial charge in [-0.2, -0.15) is 5.10 Å². The summed E-state index contributed by atoms with van der Waals surface area (Å²) in [6.07, 6.45) is 3.21. The number of hydrogen-bond acceptors (Lipinski definition) is 6. The fourth-order valence-corrected chi connectivity index (χ4v) is 3.33. The zero-order chi connectivity index (χ0) is 20.4. The molecule has 1 atom stereocenters. The molecule has 0 aliphatic carbocycles. The summed E-state index contributed by atoms with van der Waals surface area (Å²) in [6, 6.07) is 16.4. The van der Waals surface area contributed by atoms with Crippen LogP contribution in [0.4, 0.5) is 0 Å². The first-order valence-corrected chi connectivity index (χ1v) is 9.73. The zero-order valence-corrected chi connectivity index (χ0v) is 17.4. The molecule has 4 aromatic rings. The van der Waals surface area contributed by atoms with Crippen molar-refractivity contribution >= 4 is 12.2 Å². The van der Waals surface area contributed by atoms with Crippen LogP contribution in [0.5, 0.6) is 0 Å². The maximum Gasteiger partial charge on any atom is 0.288 e. The molecule has 0 bridgehead atoms. The molecule has 2 aromatic carbocycles. The molecule has 0 saturated carbocycles. The van der Waals surface area contributed by atoms with Crippen LogP contribution in [0.25, 0.3) is 17.1 Å². The SMILES string of the molecule is Cc1ccccc1-c1nn(CN(C)[C@@H](C)c2ccc(-n3cncn3)cc2)c(=S)o1. The second kappa shape index (κ2) is 8.10. The van der Waals surface area contributed by atoms with Gasteiger partial charge in [0.15, 0.2) is 0 Å². The van der Waals surface area contributed by atoms with Crippen LogP contribution in [0, 0.1) is 11.8 Å². The normalized spacial score (nSPS) is 12.4. The fraction of sp³-hybridized carbons (Fsp3) is 0.238. The summed E-state index contributed by atoms with van der Waals surface area (Å²) >= 11 is 5.39. The first-order chi connectivity index (χ1) is 14.0. The summed E-state index contributed by atoms with van der Waals surface area (Å²) < 4.78 is 9.21. The lowest BCUT2D eigenvalue weighted by Gasteiger charge is -2.24. The molecule has 0 aliphatic heterocycles. The Morgan fingerprint density at radius 1 is 1.14 bits per heavy atom. The molecular weight excluding hydrogens is 384 g/mol. The lowest BCUT2D eigenvalue weighted by atomic mass is 10.1. The van der Waals surface area contributed by atoms with Crippen molar-refractivity contribution in [2.45, 2.75) is 26.6 Å². The minimum absolute atomic E-state index is 0.167. The Balaban J connectivity index is 1.50. The van der Waals surface area contributed by atoms with Gasteiger partial charge in [0.05, 0.1) is 12.4 Å². The third-order valence-corrected chi connectivity index (χ3v) is 5.35. The van der Waals surface area contributed by atoms with Gasteiger partial charge in [0.25, 0.3) is 4.84 Å². The Bertz CT molecular complexity index is 1150.